The van der Waals surface area contributed by atoms with Crippen molar-refractivity contribution in [3.63, 3.8) is 0 Å². The molecule has 0 amide bonds. The van der Waals surface area contributed by atoms with E-state index < -0.39 is 22.8 Å². The van der Waals surface area contributed by atoms with Crippen molar-refractivity contribution in [2.75, 3.05) is 0 Å². The van der Waals surface area contributed by atoms with Crippen LogP contribution in [0.4, 0.5) is 0 Å². The minimum atomic E-state index is -1.16. The van der Waals surface area contributed by atoms with Crippen molar-refractivity contribution in [3.8, 4) is 10.7 Å². The number of carbonyl (C=O) groups excluding carboxylic acids is 2. The van der Waals surface area contributed by atoms with Crippen LogP contribution in [0.1, 0.15) is 132 Å². The summed E-state index contributed by atoms with van der Waals surface area (Å²) < 4.78 is 6.17. The number of carbonyl (C=O) groups is 3. The molecule has 7 rings (SSSR count). The molecule has 10 heteroatoms. The molecule has 8 nitrogen and oxygen atoms in total. The van der Waals surface area contributed by atoms with E-state index in [1.165, 1.54) is 5.57 Å². The van der Waals surface area contributed by atoms with E-state index in [1.54, 1.807) is 31.4 Å². The fourth-order valence-electron chi connectivity index (χ4n) is 12.7. The number of carboxylic acid groups (broad SMARTS) is 1. The van der Waals surface area contributed by atoms with E-state index in [4.69, 9.17) is 21.4 Å². The molecular weight excluding hydrogens is 694 g/mol. The zero-order chi connectivity index (χ0) is 37.8. The molecule has 2 aromatic heterocycles. The number of pyridine rings is 1. The first-order chi connectivity index (χ1) is 24.2. The van der Waals surface area contributed by atoms with Crippen LogP contribution in [0.5, 0.6) is 0 Å². The van der Waals surface area contributed by atoms with Gasteiger partial charge in [0.25, 0.3) is 0 Å². The van der Waals surface area contributed by atoms with E-state index in [-0.39, 0.29) is 51.8 Å². The average molecular weight is 750 g/mol. The second kappa shape index (κ2) is 12.4. The van der Waals surface area contributed by atoms with Gasteiger partial charge in [0.1, 0.15) is 16.8 Å². The highest BCUT2D eigenvalue weighted by atomic mass is 35.5. The van der Waals surface area contributed by atoms with Crippen LogP contribution in [0.2, 0.25) is 5.02 Å². The monoisotopic (exact) mass is 749 g/mol. The summed E-state index contributed by atoms with van der Waals surface area (Å²) in [7, 11) is 0. The molecule has 282 valence electrons. The van der Waals surface area contributed by atoms with Gasteiger partial charge >= 0.3 is 11.9 Å². The number of esters is 1. The van der Waals surface area contributed by atoms with E-state index in [0.29, 0.717) is 23.3 Å². The number of allylic oxidation sites excluding steroid dienone is 2. The summed E-state index contributed by atoms with van der Waals surface area (Å²) in [5, 5.41) is 21.4. The van der Waals surface area contributed by atoms with Gasteiger partial charge in [-0.05, 0) is 128 Å². The zero-order valence-electron chi connectivity index (χ0n) is 32.4. The topological polar surface area (TPSA) is 119 Å². The summed E-state index contributed by atoms with van der Waals surface area (Å²) in [6.07, 6.45) is 9.74. The third kappa shape index (κ3) is 5.39. The summed E-state index contributed by atoms with van der Waals surface area (Å²) in [5.74, 6) is 0.169. The number of hydrogen-bond donors (Lipinski definition) is 1. The van der Waals surface area contributed by atoms with Crippen molar-refractivity contribution in [3.05, 3.63) is 39.5 Å². The lowest BCUT2D eigenvalue weighted by atomic mass is 9.33. The van der Waals surface area contributed by atoms with Crippen molar-refractivity contribution >= 4 is 40.7 Å². The Labute approximate surface area is 318 Å². The Morgan fingerprint density at radius 2 is 1.71 bits per heavy atom. The van der Waals surface area contributed by atoms with Crippen LogP contribution in [0.15, 0.2) is 29.5 Å². The van der Waals surface area contributed by atoms with Crippen molar-refractivity contribution < 1.29 is 24.2 Å². The number of aliphatic carboxylic acids is 1. The van der Waals surface area contributed by atoms with Crippen LogP contribution < -0.4 is 0 Å². The first-order valence-electron chi connectivity index (χ1n) is 19.4. The Kier molecular flexibility index (Phi) is 9.01. The minimum Gasteiger partial charge on any atom is -0.481 e. The van der Waals surface area contributed by atoms with Crippen LogP contribution in [-0.2, 0) is 24.5 Å². The molecule has 52 heavy (non-hydrogen) atoms. The van der Waals surface area contributed by atoms with Crippen molar-refractivity contribution in [1.82, 2.24) is 15.2 Å². The van der Waals surface area contributed by atoms with Gasteiger partial charge in [-0.15, -0.1) is 10.2 Å². The molecule has 0 radical (unpaired) electrons. The quantitative estimate of drug-likeness (QED) is 0.278. The standard InChI is InChI=1S/C42H56ClN3O5S/c1-23(2)32-27(47)20-42(35-46-45-34(52-35)26-12-10-24(43)22-44-26)19-18-40(8)25(33(32)42)11-13-29-39(7)16-15-30(51-31(48)21-37(3,4)36(49)50)38(5,6)28(39)14-17-41(29,40)9/h10,12,22-23,25,28-30H,11,13-21H2,1-9H3,(H,49,50)/t25-,28+,29?,30+,39+,40-,41-,42-/m1/s1. The lowest BCUT2D eigenvalue weighted by molar-refractivity contribution is -0.232. The maximum atomic E-state index is 14.2. The number of carboxylic acids is 1. The van der Waals surface area contributed by atoms with Crippen molar-refractivity contribution in [2.24, 2.45) is 50.7 Å². The molecule has 5 aliphatic rings. The number of ether oxygens (including phenoxy) is 1. The number of nitrogens with zero attached hydrogens (tertiary/aromatic N) is 3. The third-order valence-corrected chi connectivity index (χ3v) is 17.0. The average Bonchev–Trinajstić information content (AvgIpc) is 3.66. The SMILES string of the molecule is CC(C)C1=C2[C@H]3CCC4[C@@]5(C)CC[C@H](OC(=O)CC(C)(C)C(=O)O)C(C)(C)[C@@H]5CC[C@@]4(C)[C@]3(C)CC[C@@]2(c2nnc(-c3ccc(Cl)cn3)s2)CC1=O. The number of Topliss-reactive ketones (excluding diaryl/α,β-unsaturated/α-hetero) is 1. The molecule has 0 aromatic carbocycles. The third-order valence-electron chi connectivity index (χ3n) is 15.6. The van der Waals surface area contributed by atoms with Crippen molar-refractivity contribution in [2.45, 2.75) is 138 Å². The van der Waals surface area contributed by atoms with Crippen molar-refractivity contribution in [1.29, 1.82) is 0 Å². The fourth-order valence-corrected chi connectivity index (χ4v) is 13.9. The molecule has 0 aliphatic heterocycles. The molecule has 0 spiro atoms. The van der Waals surface area contributed by atoms with Gasteiger partial charge in [-0.2, -0.15) is 0 Å². The van der Waals surface area contributed by atoms with Gasteiger partial charge in [0.2, 0.25) is 0 Å². The summed E-state index contributed by atoms with van der Waals surface area (Å²) in [6, 6.07) is 3.71. The first kappa shape index (κ1) is 37.7. The van der Waals surface area contributed by atoms with Gasteiger partial charge in [-0.25, -0.2) is 0 Å². The van der Waals surface area contributed by atoms with Gasteiger partial charge in [-0.3, -0.25) is 19.4 Å². The zero-order valence-corrected chi connectivity index (χ0v) is 34.0. The van der Waals surface area contributed by atoms with Gasteiger partial charge in [-0.1, -0.05) is 71.4 Å². The van der Waals surface area contributed by atoms with Crippen LogP contribution in [-0.4, -0.2) is 44.1 Å². The van der Waals surface area contributed by atoms with E-state index >= 15 is 0 Å². The summed E-state index contributed by atoms with van der Waals surface area (Å²) >= 11 is 7.72. The van der Waals surface area contributed by atoms with Crippen LogP contribution in [0.3, 0.4) is 0 Å². The fraction of sp³-hybridized carbons (Fsp3) is 0.714. The van der Waals surface area contributed by atoms with E-state index in [1.807, 2.05) is 12.1 Å². The Hall–Kier alpha value is -2.65. The Morgan fingerprint density at radius 1 is 0.981 bits per heavy atom. The molecular formula is C42H56ClN3O5S. The molecule has 4 fully saturated rings. The molecule has 8 atom stereocenters. The van der Waals surface area contributed by atoms with Crippen LogP contribution in [0.25, 0.3) is 10.7 Å². The molecule has 1 unspecified atom stereocenters. The molecule has 2 heterocycles. The number of hydrogen-bond acceptors (Lipinski definition) is 8. The lowest BCUT2D eigenvalue weighted by Gasteiger charge is -2.72. The highest BCUT2D eigenvalue weighted by Crippen LogP contribution is 2.77. The molecule has 4 saturated carbocycles. The highest BCUT2D eigenvalue weighted by molar-refractivity contribution is 7.14. The Morgan fingerprint density at radius 3 is 2.37 bits per heavy atom. The normalized spacial score (nSPS) is 36.9. The minimum absolute atomic E-state index is 0.00855. The lowest BCUT2D eigenvalue weighted by Crippen LogP contribution is -2.66. The predicted octanol–water partition coefficient (Wildman–Crippen LogP) is 9.90. The second-order valence-electron chi connectivity index (χ2n) is 19.3. The largest absolute Gasteiger partial charge is 0.481 e. The Balaban J connectivity index is 1.20. The van der Waals surface area contributed by atoms with Crippen LogP contribution >= 0.6 is 22.9 Å². The number of rotatable bonds is 7. The summed E-state index contributed by atoms with van der Waals surface area (Å²) in [4.78, 5) is 43.5. The second-order valence-corrected chi connectivity index (χ2v) is 20.7. The predicted molar refractivity (Wildman–Crippen MR) is 203 cm³/mol. The van der Waals surface area contributed by atoms with Gasteiger partial charge in [0.05, 0.1) is 22.3 Å². The highest BCUT2D eigenvalue weighted by Gasteiger charge is 2.70. The summed E-state index contributed by atoms with van der Waals surface area (Å²) in [5.41, 5.74) is 1.47. The Bertz CT molecular complexity index is 1830. The number of ketones is 1. The maximum Gasteiger partial charge on any atom is 0.309 e. The number of aromatic nitrogens is 3. The number of fused-ring (bicyclic) bond motifs is 7. The molecule has 0 saturated heterocycles. The van der Waals surface area contributed by atoms with Gasteiger partial charge in [0.15, 0.2) is 10.8 Å². The maximum absolute atomic E-state index is 14.2. The van der Waals surface area contributed by atoms with E-state index in [0.717, 1.165) is 72.6 Å². The van der Waals surface area contributed by atoms with Crippen LogP contribution in [0, 0.1) is 50.7 Å². The van der Waals surface area contributed by atoms with Gasteiger partial charge in [0, 0.05) is 18.0 Å². The smallest absolute Gasteiger partial charge is 0.309 e. The molecule has 2 aromatic rings. The molecule has 5 aliphatic carbocycles. The first-order valence-corrected chi connectivity index (χ1v) is 20.6. The summed E-state index contributed by atoms with van der Waals surface area (Å²) in [6.45, 7) is 19.7. The molecule has 0 bridgehead atoms. The number of halogens is 1. The van der Waals surface area contributed by atoms with E-state index in [9.17, 15) is 19.5 Å². The molecule has 1 N–H and O–H groups in total. The van der Waals surface area contributed by atoms with Gasteiger partial charge < -0.3 is 9.84 Å². The van der Waals surface area contributed by atoms with E-state index in [2.05, 4.69) is 58.5 Å².